The first kappa shape index (κ1) is 21.7. The maximum atomic E-state index is 11.5. The van der Waals surface area contributed by atoms with Crippen LogP contribution >= 0.6 is 0 Å². The third-order valence-electron chi connectivity index (χ3n) is 10.6. The summed E-state index contributed by atoms with van der Waals surface area (Å²) in [4.78, 5) is 11.5. The fourth-order valence-electron chi connectivity index (χ4n) is 9.38. The molecule has 0 spiro atoms. The zero-order chi connectivity index (χ0) is 21.9. The summed E-state index contributed by atoms with van der Waals surface area (Å²) in [7, 11) is 0. The van der Waals surface area contributed by atoms with Gasteiger partial charge in [0.05, 0.1) is 19.3 Å². The third kappa shape index (κ3) is 3.27. The molecule has 4 saturated carbocycles. The minimum absolute atomic E-state index is 0.0488. The number of ether oxygens (including phenoxy) is 3. The molecule has 0 aromatic heterocycles. The quantitative estimate of drug-likeness (QED) is 0.574. The zero-order valence-corrected chi connectivity index (χ0v) is 19.5. The molecule has 0 aromatic rings. The van der Waals surface area contributed by atoms with Crippen LogP contribution in [0.2, 0.25) is 0 Å². The normalized spacial score (nSPS) is 48.2. The van der Waals surface area contributed by atoms with E-state index in [1.165, 1.54) is 39.0 Å². The maximum Gasteiger partial charge on any atom is 0.302 e. The summed E-state index contributed by atoms with van der Waals surface area (Å²) in [6.45, 7) is 7.56. The molecule has 1 heterocycles. The Bertz CT molecular complexity index is 755. The summed E-state index contributed by atoms with van der Waals surface area (Å²) in [5.74, 6) is 2.40. The summed E-state index contributed by atoms with van der Waals surface area (Å²) in [6.07, 6.45) is 11.2. The molecule has 0 unspecified atom stereocenters. The number of nitrogens with zero attached hydrogens (tertiary/aromatic N) is 1. The maximum absolute atomic E-state index is 11.5. The number of rotatable bonds is 3. The van der Waals surface area contributed by atoms with Crippen LogP contribution in [0.1, 0.15) is 85.0 Å². The van der Waals surface area contributed by atoms with E-state index in [1.54, 1.807) is 0 Å². The number of esters is 1. The lowest BCUT2D eigenvalue weighted by Gasteiger charge is -2.61. The van der Waals surface area contributed by atoms with Gasteiger partial charge in [-0.25, -0.2) is 0 Å². The van der Waals surface area contributed by atoms with Gasteiger partial charge in [-0.15, -0.1) is 0 Å². The van der Waals surface area contributed by atoms with Gasteiger partial charge in [0.15, 0.2) is 5.79 Å². The summed E-state index contributed by atoms with van der Waals surface area (Å²) >= 11 is 0. The number of fused-ring (bicyclic) bond motifs is 5. The number of carbonyl (C=O) groups is 1. The molecular formula is C26H39NO4. The van der Waals surface area contributed by atoms with Crippen molar-refractivity contribution in [3.05, 3.63) is 0 Å². The summed E-state index contributed by atoms with van der Waals surface area (Å²) < 4.78 is 17.9. The van der Waals surface area contributed by atoms with Crippen LogP contribution in [-0.4, -0.2) is 31.1 Å². The fourth-order valence-corrected chi connectivity index (χ4v) is 9.38. The first-order valence-electron chi connectivity index (χ1n) is 12.6. The van der Waals surface area contributed by atoms with Crippen LogP contribution < -0.4 is 0 Å². The highest BCUT2D eigenvalue weighted by molar-refractivity contribution is 5.66. The lowest BCUT2D eigenvalue weighted by Crippen LogP contribution is -2.56. The van der Waals surface area contributed by atoms with Crippen molar-refractivity contribution < 1.29 is 19.0 Å². The Morgan fingerprint density at radius 2 is 1.81 bits per heavy atom. The second kappa shape index (κ2) is 7.73. The van der Waals surface area contributed by atoms with E-state index < -0.39 is 5.79 Å². The SMILES string of the molecule is CC(=O)O[C@@H]1CC[C@@]2(C)[C@H](CC[C@@H]3[C@@H]2CC[C@]2(CC#N)[C@@H](C4(C)OCCO4)CC[C@@H]32)C1. The number of carbonyl (C=O) groups excluding carboxylic acids is 1. The van der Waals surface area contributed by atoms with E-state index in [0.29, 0.717) is 48.7 Å². The first-order valence-corrected chi connectivity index (χ1v) is 12.6. The fraction of sp³-hybridized carbons (Fsp3) is 0.923. The van der Waals surface area contributed by atoms with Gasteiger partial charge < -0.3 is 14.2 Å². The Morgan fingerprint density at radius 3 is 2.52 bits per heavy atom. The van der Waals surface area contributed by atoms with E-state index in [0.717, 1.165) is 31.6 Å². The van der Waals surface area contributed by atoms with Crippen molar-refractivity contribution in [3.63, 3.8) is 0 Å². The van der Waals surface area contributed by atoms with Crippen LogP contribution in [0, 0.1) is 51.8 Å². The average molecular weight is 430 g/mol. The molecule has 0 amide bonds. The Hall–Kier alpha value is -1.12. The van der Waals surface area contributed by atoms with E-state index in [1.807, 2.05) is 0 Å². The number of hydrogen-bond donors (Lipinski definition) is 0. The van der Waals surface area contributed by atoms with Crippen molar-refractivity contribution in [1.29, 1.82) is 5.26 Å². The van der Waals surface area contributed by atoms with E-state index >= 15 is 0 Å². The lowest BCUT2D eigenvalue weighted by atomic mass is 9.44. The van der Waals surface area contributed by atoms with Gasteiger partial charge in [0, 0.05) is 19.3 Å². The van der Waals surface area contributed by atoms with Crippen molar-refractivity contribution in [2.45, 2.75) is 96.9 Å². The van der Waals surface area contributed by atoms with Crippen LogP contribution in [0.5, 0.6) is 0 Å². The van der Waals surface area contributed by atoms with Gasteiger partial charge in [-0.3, -0.25) is 4.79 Å². The largest absolute Gasteiger partial charge is 0.463 e. The third-order valence-corrected chi connectivity index (χ3v) is 10.6. The van der Waals surface area contributed by atoms with Crippen molar-refractivity contribution in [3.8, 4) is 6.07 Å². The van der Waals surface area contributed by atoms with Crippen LogP contribution in [0.3, 0.4) is 0 Å². The van der Waals surface area contributed by atoms with Crippen molar-refractivity contribution >= 4 is 5.97 Å². The second-order valence-corrected chi connectivity index (χ2v) is 11.6. The van der Waals surface area contributed by atoms with E-state index in [2.05, 4.69) is 19.9 Å². The molecule has 8 atom stereocenters. The van der Waals surface area contributed by atoms with Gasteiger partial charge >= 0.3 is 5.97 Å². The van der Waals surface area contributed by atoms with Crippen LogP contribution in [0.15, 0.2) is 0 Å². The highest BCUT2D eigenvalue weighted by atomic mass is 16.7. The minimum Gasteiger partial charge on any atom is -0.463 e. The topological polar surface area (TPSA) is 68.6 Å². The Balaban J connectivity index is 1.40. The monoisotopic (exact) mass is 429 g/mol. The van der Waals surface area contributed by atoms with Gasteiger partial charge in [-0.1, -0.05) is 6.92 Å². The zero-order valence-electron chi connectivity index (χ0n) is 19.5. The molecule has 4 aliphatic carbocycles. The van der Waals surface area contributed by atoms with Gasteiger partial charge in [0.2, 0.25) is 0 Å². The highest BCUT2D eigenvalue weighted by Crippen LogP contribution is 2.70. The predicted molar refractivity (Wildman–Crippen MR) is 116 cm³/mol. The molecule has 0 N–H and O–H groups in total. The van der Waals surface area contributed by atoms with Gasteiger partial charge in [-0.2, -0.15) is 5.26 Å². The summed E-state index contributed by atoms with van der Waals surface area (Å²) in [5, 5.41) is 9.87. The number of hydrogen-bond acceptors (Lipinski definition) is 5. The molecule has 31 heavy (non-hydrogen) atoms. The smallest absolute Gasteiger partial charge is 0.302 e. The van der Waals surface area contributed by atoms with Crippen LogP contribution in [0.4, 0.5) is 0 Å². The van der Waals surface area contributed by atoms with E-state index in [-0.39, 0.29) is 17.5 Å². The molecule has 5 rings (SSSR count). The van der Waals surface area contributed by atoms with E-state index in [4.69, 9.17) is 14.2 Å². The van der Waals surface area contributed by atoms with E-state index in [9.17, 15) is 10.1 Å². The van der Waals surface area contributed by atoms with Crippen molar-refractivity contribution in [2.24, 2.45) is 40.4 Å². The molecule has 0 radical (unpaired) electrons. The predicted octanol–water partition coefficient (Wildman–Crippen LogP) is 5.23. The second-order valence-electron chi connectivity index (χ2n) is 11.6. The molecule has 5 fully saturated rings. The Labute approximate surface area is 187 Å². The van der Waals surface area contributed by atoms with Gasteiger partial charge in [-0.05, 0) is 99.2 Å². The van der Waals surface area contributed by atoms with Gasteiger partial charge in [0.25, 0.3) is 0 Å². The minimum atomic E-state index is -0.512. The Morgan fingerprint density at radius 1 is 1.03 bits per heavy atom. The molecular weight excluding hydrogens is 390 g/mol. The molecule has 1 aliphatic heterocycles. The summed E-state index contributed by atoms with van der Waals surface area (Å²) in [6, 6.07) is 2.60. The molecule has 5 nitrogen and oxygen atoms in total. The van der Waals surface area contributed by atoms with Crippen molar-refractivity contribution in [1.82, 2.24) is 0 Å². The molecule has 1 saturated heterocycles. The Kier molecular flexibility index (Phi) is 5.42. The molecule has 172 valence electrons. The molecule has 5 aliphatic rings. The summed E-state index contributed by atoms with van der Waals surface area (Å²) in [5.41, 5.74) is 0.397. The van der Waals surface area contributed by atoms with Crippen LogP contribution in [-0.2, 0) is 19.0 Å². The standard InChI is InChI=1S/C26H39NO4/c1-17(28)31-19-8-10-24(2)18(16-19)4-5-20-21(24)9-11-26(12-13-27)22(20)6-7-23(26)25(3)29-14-15-30-25/h18-23H,4-12,14-16H2,1-3H3/t18-,19-,20-,21+,22+,23-,24+,26-/m1/s1. The highest BCUT2D eigenvalue weighted by Gasteiger charge is 2.65. The van der Waals surface area contributed by atoms with Crippen molar-refractivity contribution in [2.75, 3.05) is 13.2 Å². The van der Waals surface area contributed by atoms with Crippen LogP contribution in [0.25, 0.3) is 0 Å². The lowest BCUT2D eigenvalue weighted by molar-refractivity contribution is -0.221. The molecule has 0 bridgehead atoms. The molecule has 5 heteroatoms. The molecule has 0 aromatic carbocycles. The van der Waals surface area contributed by atoms with Gasteiger partial charge in [0.1, 0.15) is 6.10 Å². The average Bonchev–Trinajstić information content (AvgIpc) is 3.33. The number of nitriles is 1. The first-order chi connectivity index (χ1) is 14.8.